The number of nitrogens with zero attached hydrogens (tertiary/aromatic N) is 1. The molecule has 6 nitrogen and oxygen atoms in total. The highest BCUT2D eigenvalue weighted by Crippen LogP contribution is 2.26. The van der Waals surface area contributed by atoms with Gasteiger partial charge < -0.3 is 10.2 Å². The van der Waals surface area contributed by atoms with Crippen LogP contribution >= 0.6 is 0 Å². The average molecular weight is 317 g/mol. The molecule has 8 heteroatoms. The molecule has 2 N–H and O–H groups in total. The van der Waals surface area contributed by atoms with Crippen molar-refractivity contribution in [2.45, 2.75) is 30.3 Å². The van der Waals surface area contributed by atoms with E-state index in [4.69, 9.17) is 5.11 Å². The van der Waals surface area contributed by atoms with Crippen LogP contribution in [0.5, 0.6) is 0 Å². The van der Waals surface area contributed by atoms with E-state index >= 15 is 0 Å². The van der Waals surface area contributed by atoms with Crippen molar-refractivity contribution in [3.8, 4) is 0 Å². The van der Waals surface area contributed by atoms with Crippen molar-refractivity contribution in [2.24, 2.45) is 0 Å². The Labute approximate surface area is 121 Å². The van der Waals surface area contributed by atoms with Crippen molar-refractivity contribution in [2.75, 3.05) is 13.1 Å². The molecule has 1 saturated heterocycles. The first-order chi connectivity index (χ1) is 9.63. The number of halogens is 1. The lowest BCUT2D eigenvalue weighted by molar-refractivity contribution is 0.00938. The van der Waals surface area contributed by atoms with Crippen LogP contribution in [0.3, 0.4) is 0 Å². The topological polar surface area (TPSA) is 94.9 Å². The Morgan fingerprint density at radius 1 is 1.43 bits per heavy atom. The third-order valence-electron chi connectivity index (χ3n) is 3.45. The first-order valence-corrected chi connectivity index (χ1v) is 7.83. The van der Waals surface area contributed by atoms with E-state index < -0.39 is 33.0 Å². The molecule has 0 amide bonds. The molecule has 1 aromatic carbocycles. The SMILES string of the molecule is CC1(O)CCCN(S(=O)(=O)c2ccc(F)c(C(=O)O)c2)C1. The molecule has 0 aliphatic carbocycles. The maximum absolute atomic E-state index is 13.3. The van der Waals surface area contributed by atoms with E-state index in [2.05, 4.69) is 0 Å². The van der Waals surface area contributed by atoms with E-state index in [0.717, 1.165) is 22.5 Å². The van der Waals surface area contributed by atoms with Gasteiger partial charge in [0.15, 0.2) is 0 Å². The number of carboxylic acid groups (broad SMARTS) is 1. The minimum Gasteiger partial charge on any atom is -0.478 e. The molecular formula is C13H16FNO5S. The fourth-order valence-corrected chi connectivity index (χ4v) is 3.98. The van der Waals surface area contributed by atoms with Crippen LogP contribution in [0.1, 0.15) is 30.1 Å². The van der Waals surface area contributed by atoms with Crippen molar-refractivity contribution in [1.29, 1.82) is 0 Å². The molecule has 1 fully saturated rings. The maximum Gasteiger partial charge on any atom is 0.338 e. The average Bonchev–Trinajstić information content (AvgIpc) is 2.37. The van der Waals surface area contributed by atoms with Gasteiger partial charge in [-0.05, 0) is 38.0 Å². The fraction of sp³-hybridized carbons (Fsp3) is 0.462. The van der Waals surface area contributed by atoms with Gasteiger partial charge in [0.2, 0.25) is 10.0 Å². The van der Waals surface area contributed by atoms with Crippen LogP contribution in [0.25, 0.3) is 0 Å². The van der Waals surface area contributed by atoms with Crippen LogP contribution in [0.15, 0.2) is 23.1 Å². The Morgan fingerprint density at radius 2 is 2.10 bits per heavy atom. The Morgan fingerprint density at radius 3 is 2.67 bits per heavy atom. The Balaban J connectivity index is 2.40. The molecule has 1 unspecified atom stereocenters. The predicted molar refractivity (Wildman–Crippen MR) is 72.0 cm³/mol. The van der Waals surface area contributed by atoms with Crippen LogP contribution in [-0.4, -0.2) is 47.6 Å². The second-order valence-corrected chi connectivity index (χ2v) is 7.32. The number of aromatic carboxylic acids is 1. The summed E-state index contributed by atoms with van der Waals surface area (Å²) in [6, 6.07) is 2.65. The molecule has 2 rings (SSSR count). The number of hydrogen-bond acceptors (Lipinski definition) is 4. The number of sulfonamides is 1. The van der Waals surface area contributed by atoms with Gasteiger partial charge in [-0.1, -0.05) is 0 Å². The maximum atomic E-state index is 13.3. The number of carbonyl (C=O) groups is 1. The highest BCUT2D eigenvalue weighted by Gasteiger charge is 2.35. The summed E-state index contributed by atoms with van der Waals surface area (Å²) >= 11 is 0. The first-order valence-electron chi connectivity index (χ1n) is 6.39. The zero-order chi connectivity index (χ0) is 15.8. The van der Waals surface area contributed by atoms with E-state index in [1.54, 1.807) is 6.92 Å². The van der Waals surface area contributed by atoms with Gasteiger partial charge in [-0.2, -0.15) is 4.31 Å². The summed E-state index contributed by atoms with van der Waals surface area (Å²) in [5, 5.41) is 18.8. The molecule has 1 aliphatic heterocycles. The second-order valence-electron chi connectivity index (χ2n) is 5.39. The molecule has 0 saturated carbocycles. The third-order valence-corrected chi connectivity index (χ3v) is 5.29. The van der Waals surface area contributed by atoms with E-state index in [1.165, 1.54) is 0 Å². The molecule has 0 bridgehead atoms. The Kier molecular flexibility index (Phi) is 4.05. The quantitative estimate of drug-likeness (QED) is 0.869. The number of aliphatic hydroxyl groups is 1. The van der Waals surface area contributed by atoms with Gasteiger partial charge in [0.1, 0.15) is 5.82 Å². The van der Waals surface area contributed by atoms with Crippen molar-refractivity contribution in [3.63, 3.8) is 0 Å². The van der Waals surface area contributed by atoms with Crippen LogP contribution in [0.4, 0.5) is 4.39 Å². The lowest BCUT2D eigenvalue weighted by Crippen LogP contribution is -2.48. The molecule has 1 aromatic rings. The van der Waals surface area contributed by atoms with E-state index in [0.29, 0.717) is 12.8 Å². The number of benzene rings is 1. The summed E-state index contributed by atoms with van der Waals surface area (Å²) in [4.78, 5) is 10.6. The summed E-state index contributed by atoms with van der Waals surface area (Å²) in [6.07, 6.45) is 0.988. The van der Waals surface area contributed by atoms with Crippen LogP contribution in [0, 0.1) is 5.82 Å². The van der Waals surface area contributed by atoms with Gasteiger partial charge in [-0.25, -0.2) is 17.6 Å². The van der Waals surface area contributed by atoms with E-state index in [1.807, 2.05) is 0 Å². The molecule has 0 spiro atoms. The molecule has 0 radical (unpaired) electrons. The normalized spacial score (nSPS) is 24.0. The monoisotopic (exact) mass is 317 g/mol. The highest BCUT2D eigenvalue weighted by molar-refractivity contribution is 7.89. The molecule has 1 heterocycles. The minimum absolute atomic E-state index is 0.0743. The molecule has 21 heavy (non-hydrogen) atoms. The van der Waals surface area contributed by atoms with Gasteiger partial charge in [-0.3, -0.25) is 0 Å². The van der Waals surface area contributed by atoms with Crippen molar-refractivity contribution in [1.82, 2.24) is 4.31 Å². The number of piperidine rings is 1. The Hall–Kier alpha value is -1.51. The van der Waals surface area contributed by atoms with Crippen LogP contribution in [-0.2, 0) is 10.0 Å². The minimum atomic E-state index is -3.96. The number of hydrogen-bond donors (Lipinski definition) is 2. The molecule has 0 aromatic heterocycles. The van der Waals surface area contributed by atoms with E-state index in [-0.39, 0.29) is 18.0 Å². The second kappa shape index (κ2) is 5.36. The van der Waals surface area contributed by atoms with E-state index in [9.17, 15) is 22.7 Å². The summed E-state index contributed by atoms with van der Waals surface area (Å²) in [6.45, 7) is 1.70. The lowest BCUT2D eigenvalue weighted by atomic mass is 9.97. The molecular weight excluding hydrogens is 301 g/mol. The molecule has 1 atom stereocenters. The van der Waals surface area contributed by atoms with Gasteiger partial charge in [0.25, 0.3) is 0 Å². The molecule has 1 aliphatic rings. The third kappa shape index (κ3) is 3.22. The molecule has 116 valence electrons. The summed E-state index contributed by atoms with van der Waals surface area (Å²) in [5.41, 5.74) is -1.82. The van der Waals surface area contributed by atoms with Crippen LogP contribution < -0.4 is 0 Å². The van der Waals surface area contributed by atoms with Crippen molar-refractivity contribution >= 4 is 16.0 Å². The smallest absolute Gasteiger partial charge is 0.338 e. The highest BCUT2D eigenvalue weighted by atomic mass is 32.2. The van der Waals surface area contributed by atoms with Gasteiger partial charge in [0.05, 0.1) is 16.1 Å². The summed E-state index contributed by atoms with van der Waals surface area (Å²) in [7, 11) is -3.96. The number of rotatable bonds is 3. The standard InChI is InChI=1S/C13H16FNO5S/c1-13(18)5-2-6-15(8-13)21(19,20)9-3-4-11(14)10(7-9)12(16)17/h3-4,7,18H,2,5-6,8H2,1H3,(H,16,17). The largest absolute Gasteiger partial charge is 0.478 e. The summed E-state index contributed by atoms with van der Waals surface area (Å²) in [5.74, 6) is -2.53. The zero-order valence-corrected chi connectivity index (χ0v) is 12.2. The van der Waals surface area contributed by atoms with Crippen molar-refractivity contribution < 1.29 is 27.8 Å². The fourth-order valence-electron chi connectivity index (χ4n) is 2.36. The number of β-amino-alcohol motifs (C(OH)–C–C–N with tert-alkyl or cyclic N) is 1. The Bertz CT molecular complexity index is 671. The lowest BCUT2D eigenvalue weighted by Gasteiger charge is -2.35. The van der Waals surface area contributed by atoms with Gasteiger partial charge in [0, 0.05) is 13.1 Å². The first kappa shape index (κ1) is 15.9. The number of carboxylic acids is 1. The summed E-state index contributed by atoms with van der Waals surface area (Å²) < 4.78 is 39.4. The predicted octanol–water partition coefficient (Wildman–Crippen LogP) is 1.06. The van der Waals surface area contributed by atoms with Gasteiger partial charge >= 0.3 is 5.97 Å². The van der Waals surface area contributed by atoms with Gasteiger partial charge in [-0.15, -0.1) is 0 Å². The zero-order valence-electron chi connectivity index (χ0n) is 11.4. The van der Waals surface area contributed by atoms with Crippen molar-refractivity contribution in [3.05, 3.63) is 29.6 Å². The van der Waals surface area contributed by atoms with Crippen LogP contribution in [0.2, 0.25) is 0 Å².